The van der Waals surface area contributed by atoms with Gasteiger partial charge >= 0.3 is 12.3 Å². The van der Waals surface area contributed by atoms with Gasteiger partial charge in [0, 0.05) is 6.54 Å². The molecule has 2 atom stereocenters. The van der Waals surface area contributed by atoms with Crippen LogP contribution < -0.4 is 10.5 Å². The molecule has 0 heterocycles. The molecule has 1 aromatic rings. The molecule has 0 spiro atoms. The molecule has 136 valence electrons. The molecule has 1 rings (SSSR count). The summed E-state index contributed by atoms with van der Waals surface area (Å²) in [6, 6.07) is 6.08. The van der Waals surface area contributed by atoms with Gasteiger partial charge in [-0.25, -0.2) is 0 Å². The lowest BCUT2D eigenvalue weighted by Gasteiger charge is -2.19. The van der Waals surface area contributed by atoms with Crippen LogP contribution in [0.3, 0.4) is 0 Å². The van der Waals surface area contributed by atoms with Crippen LogP contribution in [0, 0.1) is 11.8 Å². The average molecular weight is 347 g/mol. The van der Waals surface area contributed by atoms with Crippen LogP contribution in [0.1, 0.15) is 38.2 Å². The summed E-state index contributed by atoms with van der Waals surface area (Å²) in [5.41, 5.74) is 5.97. The molecule has 0 aromatic heterocycles. The third-order valence-electron chi connectivity index (χ3n) is 4.09. The first-order valence-electron chi connectivity index (χ1n) is 8.03. The first-order valence-corrected chi connectivity index (χ1v) is 8.03. The molecular weight excluding hydrogens is 323 g/mol. The van der Waals surface area contributed by atoms with Gasteiger partial charge < -0.3 is 15.6 Å². The summed E-state index contributed by atoms with van der Waals surface area (Å²) in [6.07, 6.45) is -1.57. The van der Waals surface area contributed by atoms with E-state index in [0.29, 0.717) is 24.8 Å². The van der Waals surface area contributed by atoms with Crippen LogP contribution in [0.15, 0.2) is 24.3 Å². The van der Waals surface area contributed by atoms with E-state index >= 15 is 0 Å². The van der Waals surface area contributed by atoms with Crippen molar-refractivity contribution >= 4 is 5.97 Å². The van der Waals surface area contributed by atoms with Crippen molar-refractivity contribution in [1.82, 2.24) is 0 Å². The molecule has 0 aliphatic rings. The van der Waals surface area contributed by atoms with Gasteiger partial charge in [0.2, 0.25) is 0 Å². The maximum atomic E-state index is 12.4. The topological polar surface area (TPSA) is 72.5 Å². The van der Waals surface area contributed by atoms with Crippen molar-refractivity contribution in [1.29, 1.82) is 0 Å². The zero-order chi connectivity index (χ0) is 18.2. The number of hydrogen-bond donors (Lipinski definition) is 2. The minimum absolute atomic E-state index is 0.0914. The normalized spacial score (nSPS) is 14.2. The Labute approximate surface area is 139 Å². The maximum Gasteiger partial charge on any atom is 0.573 e. The number of carboxylic acids is 1. The molecule has 1 aromatic carbocycles. The number of halogens is 3. The summed E-state index contributed by atoms with van der Waals surface area (Å²) in [5.74, 6) is -1.47. The van der Waals surface area contributed by atoms with E-state index in [2.05, 4.69) is 4.74 Å². The van der Waals surface area contributed by atoms with Crippen LogP contribution >= 0.6 is 0 Å². The van der Waals surface area contributed by atoms with Gasteiger partial charge in [-0.1, -0.05) is 38.0 Å². The molecule has 0 amide bonds. The fourth-order valence-electron chi connectivity index (χ4n) is 2.70. The van der Waals surface area contributed by atoms with Gasteiger partial charge in [-0.15, -0.1) is 13.2 Å². The molecular formula is C17H24F3NO3. The minimum atomic E-state index is -4.71. The number of rotatable bonds is 10. The van der Waals surface area contributed by atoms with Crippen LogP contribution in [-0.4, -0.2) is 24.0 Å². The summed E-state index contributed by atoms with van der Waals surface area (Å²) >= 11 is 0. The Morgan fingerprint density at radius 1 is 1.33 bits per heavy atom. The minimum Gasteiger partial charge on any atom is -0.481 e. The molecule has 4 nitrogen and oxygen atoms in total. The standard InChI is InChI=1S/C17H24F3NO3/c1-2-12(10-14(11-21)16(22)23)6-5-8-13-7-3-4-9-15(13)24-17(18,19)20/h3-4,7,9,12,14H,2,5-6,8,10-11,21H2,1H3,(H,22,23). The third-order valence-corrected chi connectivity index (χ3v) is 4.09. The number of aliphatic carboxylic acids is 1. The van der Waals surface area contributed by atoms with E-state index in [0.717, 1.165) is 12.8 Å². The van der Waals surface area contributed by atoms with E-state index < -0.39 is 18.2 Å². The number of alkyl halides is 3. The number of carboxylic acid groups (broad SMARTS) is 1. The average Bonchev–Trinajstić information content (AvgIpc) is 2.50. The molecule has 24 heavy (non-hydrogen) atoms. The highest BCUT2D eigenvalue weighted by atomic mass is 19.4. The zero-order valence-electron chi connectivity index (χ0n) is 13.7. The second-order valence-corrected chi connectivity index (χ2v) is 5.83. The number of benzene rings is 1. The number of ether oxygens (including phenoxy) is 1. The maximum absolute atomic E-state index is 12.4. The van der Waals surface area contributed by atoms with Crippen molar-refractivity contribution in [2.45, 2.75) is 45.4 Å². The highest BCUT2D eigenvalue weighted by Crippen LogP contribution is 2.28. The molecule has 2 unspecified atom stereocenters. The molecule has 0 aliphatic carbocycles. The summed E-state index contributed by atoms with van der Waals surface area (Å²) in [4.78, 5) is 11.1. The Balaban J connectivity index is 2.58. The smallest absolute Gasteiger partial charge is 0.481 e. The largest absolute Gasteiger partial charge is 0.573 e. The fraction of sp³-hybridized carbons (Fsp3) is 0.588. The van der Waals surface area contributed by atoms with Crippen LogP contribution in [-0.2, 0) is 11.2 Å². The quantitative estimate of drug-likeness (QED) is 0.671. The van der Waals surface area contributed by atoms with Gasteiger partial charge in [-0.05, 0) is 36.8 Å². The Kier molecular flexibility index (Phi) is 8.04. The number of nitrogens with two attached hydrogens (primary N) is 1. The van der Waals surface area contributed by atoms with E-state index in [1.54, 1.807) is 12.1 Å². The zero-order valence-corrected chi connectivity index (χ0v) is 13.7. The molecule has 0 saturated carbocycles. The van der Waals surface area contributed by atoms with Crippen molar-refractivity contribution in [2.24, 2.45) is 17.6 Å². The van der Waals surface area contributed by atoms with Crippen molar-refractivity contribution in [3.05, 3.63) is 29.8 Å². The van der Waals surface area contributed by atoms with Gasteiger partial charge in [-0.3, -0.25) is 4.79 Å². The van der Waals surface area contributed by atoms with Crippen molar-refractivity contribution in [3.8, 4) is 5.75 Å². The van der Waals surface area contributed by atoms with Crippen molar-refractivity contribution < 1.29 is 27.8 Å². The first-order chi connectivity index (χ1) is 11.3. The van der Waals surface area contributed by atoms with Gasteiger partial charge in [0.25, 0.3) is 0 Å². The van der Waals surface area contributed by atoms with Crippen LogP contribution in [0.4, 0.5) is 13.2 Å². The van der Waals surface area contributed by atoms with Gasteiger partial charge in [0.05, 0.1) is 5.92 Å². The van der Waals surface area contributed by atoms with Gasteiger partial charge in [0.1, 0.15) is 5.75 Å². The molecule has 0 aliphatic heterocycles. The predicted molar refractivity (Wildman–Crippen MR) is 84.6 cm³/mol. The Morgan fingerprint density at radius 2 is 2.00 bits per heavy atom. The van der Waals surface area contributed by atoms with Crippen molar-refractivity contribution in [2.75, 3.05) is 6.54 Å². The number of carbonyl (C=O) groups is 1. The number of para-hydroxylation sites is 1. The van der Waals surface area contributed by atoms with E-state index in [1.165, 1.54) is 12.1 Å². The van der Waals surface area contributed by atoms with Gasteiger partial charge in [0.15, 0.2) is 0 Å². The van der Waals surface area contributed by atoms with E-state index in [-0.39, 0.29) is 18.2 Å². The summed E-state index contributed by atoms with van der Waals surface area (Å²) in [6.45, 7) is 2.06. The van der Waals surface area contributed by atoms with Crippen LogP contribution in [0.25, 0.3) is 0 Å². The monoisotopic (exact) mass is 347 g/mol. The highest BCUT2D eigenvalue weighted by molar-refractivity contribution is 5.70. The number of hydrogen-bond acceptors (Lipinski definition) is 3. The fourth-order valence-corrected chi connectivity index (χ4v) is 2.70. The molecule has 0 radical (unpaired) electrons. The molecule has 7 heteroatoms. The van der Waals surface area contributed by atoms with Crippen LogP contribution in [0.5, 0.6) is 5.75 Å². The predicted octanol–water partition coefficient (Wildman–Crippen LogP) is 3.98. The summed E-state index contributed by atoms with van der Waals surface area (Å²) in [7, 11) is 0. The Bertz CT molecular complexity index is 520. The SMILES string of the molecule is CCC(CCCc1ccccc1OC(F)(F)F)CC(CN)C(=O)O. The first kappa shape index (κ1) is 20.3. The number of aryl methyl sites for hydroxylation is 1. The van der Waals surface area contributed by atoms with E-state index in [9.17, 15) is 18.0 Å². The lowest BCUT2D eigenvalue weighted by atomic mass is 9.88. The second-order valence-electron chi connectivity index (χ2n) is 5.83. The Morgan fingerprint density at radius 3 is 2.54 bits per heavy atom. The lowest BCUT2D eigenvalue weighted by Crippen LogP contribution is -2.25. The summed E-state index contributed by atoms with van der Waals surface area (Å²) < 4.78 is 41.2. The molecule has 0 fully saturated rings. The Hall–Kier alpha value is -1.76. The molecule has 0 bridgehead atoms. The van der Waals surface area contributed by atoms with E-state index in [4.69, 9.17) is 10.8 Å². The highest BCUT2D eigenvalue weighted by Gasteiger charge is 2.31. The van der Waals surface area contributed by atoms with Crippen LogP contribution in [0.2, 0.25) is 0 Å². The lowest BCUT2D eigenvalue weighted by molar-refractivity contribution is -0.274. The molecule has 3 N–H and O–H groups in total. The van der Waals surface area contributed by atoms with Gasteiger partial charge in [-0.2, -0.15) is 0 Å². The summed E-state index contributed by atoms with van der Waals surface area (Å²) in [5, 5.41) is 9.06. The second kappa shape index (κ2) is 9.52. The molecule has 0 saturated heterocycles. The third kappa shape index (κ3) is 7.21. The van der Waals surface area contributed by atoms with Crippen molar-refractivity contribution in [3.63, 3.8) is 0 Å². The van der Waals surface area contributed by atoms with E-state index in [1.807, 2.05) is 6.92 Å².